The normalized spacial score (nSPS) is 12.3. The van der Waals surface area contributed by atoms with Crippen molar-refractivity contribution in [2.75, 3.05) is 6.61 Å². The standard InChI is InChI=1S/C18H19N3O3/c1-12-5-3-6-13(2)17(12)24-11-14(22)10-21-18(23)15-7-4-8-19-16(15)9-20-21/h3-9,14,22H,10-11H2,1-2H3. The van der Waals surface area contributed by atoms with Crippen LogP contribution >= 0.6 is 0 Å². The molecule has 0 aliphatic heterocycles. The summed E-state index contributed by atoms with van der Waals surface area (Å²) in [6, 6.07) is 9.27. The van der Waals surface area contributed by atoms with Gasteiger partial charge in [-0.25, -0.2) is 4.68 Å². The molecule has 0 radical (unpaired) electrons. The number of benzene rings is 1. The van der Waals surface area contributed by atoms with Gasteiger partial charge in [0.05, 0.1) is 23.6 Å². The van der Waals surface area contributed by atoms with Crippen LogP contribution in [0.15, 0.2) is 47.5 Å². The van der Waals surface area contributed by atoms with Gasteiger partial charge in [0.1, 0.15) is 18.5 Å². The predicted octanol–water partition coefficient (Wildman–Crippen LogP) is 1.85. The molecule has 0 aliphatic rings. The highest BCUT2D eigenvalue weighted by Gasteiger charge is 2.12. The van der Waals surface area contributed by atoms with Crippen LogP contribution in [0.25, 0.3) is 10.9 Å². The summed E-state index contributed by atoms with van der Waals surface area (Å²) in [4.78, 5) is 16.4. The van der Waals surface area contributed by atoms with E-state index in [0.29, 0.717) is 10.9 Å². The smallest absolute Gasteiger partial charge is 0.276 e. The topological polar surface area (TPSA) is 77.2 Å². The number of aliphatic hydroxyl groups excluding tert-OH is 1. The van der Waals surface area contributed by atoms with E-state index in [1.165, 1.54) is 10.9 Å². The number of hydrogen-bond acceptors (Lipinski definition) is 5. The van der Waals surface area contributed by atoms with Gasteiger partial charge in [-0.15, -0.1) is 0 Å². The van der Waals surface area contributed by atoms with Crippen molar-refractivity contribution < 1.29 is 9.84 Å². The summed E-state index contributed by atoms with van der Waals surface area (Å²) in [6.07, 6.45) is 2.29. The maximum absolute atomic E-state index is 12.4. The summed E-state index contributed by atoms with van der Waals surface area (Å²) in [5, 5.41) is 14.7. The van der Waals surface area contributed by atoms with Gasteiger partial charge in [0.25, 0.3) is 5.56 Å². The van der Waals surface area contributed by atoms with Crippen LogP contribution in [0.3, 0.4) is 0 Å². The minimum absolute atomic E-state index is 0.0641. The molecule has 0 saturated heterocycles. The summed E-state index contributed by atoms with van der Waals surface area (Å²) in [5.74, 6) is 0.763. The number of pyridine rings is 1. The number of para-hydroxylation sites is 1. The molecule has 1 N–H and O–H groups in total. The van der Waals surface area contributed by atoms with Crippen LogP contribution < -0.4 is 10.3 Å². The third kappa shape index (κ3) is 3.28. The summed E-state index contributed by atoms with van der Waals surface area (Å²) in [6.45, 7) is 4.06. The average Bonchev–Trinajstić information content (AvgIpc) is 2.57. The number of aromatic nitrogens is 3. The highest BCUT2D eigenvalue weighted by Crippen LogP contribution is 2.22. The van der Waals surface area contributed by atoms with Gasteiger partial charge in [-0.3, -0.25) is 9.78 Å². The minimum atomic E-state index is -0.844. The zero-order chi connectivity index (χ0) is 17.1. The number of rotatable bonds is 5. The summed E-state index contributed by atoms with van der Waals surface area (Å²) >= 11 is 0. The molecule has 0 bridgehead atoms. The van der Waals surface area contributed by atoms with Crippen molar-refractivity contribution >= 4 is 10.9 Å². The molecule has 24 heavy (non-hydrogen) atoms. The number of aryl methyl sites for hydroxylation is 2. The van der Waals surface area contributed by atoms with E-state index in [-0.39, 0.29) is 18.7 Å². The first-order valence-electron chi connectivity index (χ1n) is 7.74. The van der Waals surface area contributed by atoms with Crippen LogP contribution in [0, 0.1) is 13.8 Å². The Morgan fingerprint density at radius 2 is 1.96 bits per heavy atom. The van der Waals surface area contributed by atoms with Gasteiger partial charge >= 0.3 is 0 Å². The van der Waals surface area contributed by atoms with Crippen LogP contribution in [0.5, 0.6) is 5.75 Å². The van der Waals surface area contributed by atoms with Crippen molar-refractivity contribution in [2.24, 2.45) is 0 Å². The predicted molar refractivity (Wildman–Crippen MR) is 91.2 cm³/mol. The molecule has 1 aromatic carbocycles. The summed E-state index contributed by atoms with van der Waals surface area (Å²) in [7, 11) is 0. The maximum Gasteiger partial charge on any atom is 0.276 e. The molecule has 3 rings (SSSR count). The number of nitrogens with zero attached hydrogens (tertiary/aromatic N) is 3. The number of ether oxygens (including phenoxy) is 1. The van der Waals surface area contributed by atoms with Gasteiger partial charge < -0.3 is 9.84 Å². The Kier molecular flexibility index (Phi) is 4.57. The lowest BCUT2D eigenvalue weighted by molar-refractivity contribution is 0.0875. The zero-order valence-electron chi connectivity index (χ0n) is 13.6. The molecule has 0 spiro atoms. The lowest BCUT2D eigenvalue weighted by Gasteiger charge is -2.16. The van der Waals surface area contributed by atoms with Gasteiger partial charge in [0.15, 0.2) is 0 Å². The van der Waals surface area contributed by atoms with Crippen LogP contribution in [0.1, 0.15) is 11.1 Å². The van der Waals surface area contributed by atoms with Gasteiger partial charge in [-0.2, -0.15) is 5.10 Å². The largest absolute Gasteiger partial charge is 0.490 e. The first kappa shape index (κ1) is 16.1. The molecule has 0 aliphatic carbocycles. The van der Waals surface area contributed by atoms with E-state index in [0.717, 1.165) is 16.9 Å². The summed E-state index contributed by atoms with van der Waals surface area (Å²) in [5.41, 5.74) is 2.29. The van der Waals surface area contributed by atoms with E-state index in [9.17, 15) is 9.90 Å². The van der Waals surface area contributed by atoms with Crippen molar-refractivity contribution in [1.29, 1.82) is 0 Å². The SMILES string of the molecule is Cc1cccc(C)c1OCC(O)Cn1ncc2ncccc2c1=O. The van der Waals surface area contributed by atoms with E-state index >= 15 is 0 Å². The minimum Gasteiger partial charge on any atom is -0.490 e. The second-order valence-electron chi connectivity index (χ2n) is 5.75. The van der Waals surface area contributed by atoms with E-state index in [1.807, 2.05) is 32.0 Å². The quantitative estimate of drug-likeness (QED) is 0.774. The highest BCUT2D eigenvalue weighted by atomic mass is 16.5. The fourth-order valence-electron chi connectivity index (χ4n) is 2.61. The Hall–Kier alpha value is -2.73. The first-order valence-corrected chi connectivity index (χ1v) is 7.74. The molecule has 124 valence electrons. The third-order valence-corrected chi connectivity index (χ3v) is 3.84. The molecule has 6 heteroatoms. The first-order chi connectivity index (χ1) is 11.6. The second kappa shape index (κ2) is 6.80. The molecule has 3 aromatic rings. The summed E-state index contributed by atoms with van der Waals surface area (Å²) < 4.78 is 6.96. The fourth-order valence-corrected chi connectivity index (χ4v) is 2.61. The number of aliphatic hydroxyl groups is 1. The van der Waals surface area contributed by atoms with Crippen LogP contribution in [0.4, 0.5) is 0 Å². The van der Waals surface area contributed by atoms with Crippen LogP contribution in [-0.2, 0) is 6.54 Å². The molecule has 2 aromatic heterocycles. The van der Waals surface area contributed by atoms with Gasteiger partial charge in [0.2, 0.25) is 0 Å². The molecule has 0 amide bonds. The van der Waals surface area contributed by atoms with E-state index in [1.54, 1.807) is 18.3 Å². The Morgan fingerprint density at radius 3 is 2.71 bits per heavy atom. The third-order valence-electron chi connectivity index (χ3n) is 3.84. The molecule has 2 heterocycles. The Balaban J connectivity index is 1.72. The highest BCUT2D eigenvalue weighted by molar-refractivity contribution is 5.75. The Morgan fingerprint density at radius 1 is 1.21 bits per heavy atom. The van der Waals surface area contributed by atoms with Crippen molar-refractivity contribution in [1.82, 2.24) is 14.8 Å². The van der Waals surface area contributed by atoms with E-state index in [4.69, 9.17) is 4.74 Å². The van der Waals surface area contributed by atoms with Crippen molar-refractivity contribution in [2.45, 2.75) is 26.5 Å². The molecule has 1 unspecified atom stereocenters. The number of hydrogen-bond donors (Lipinski definition) is 1. The van der Waals surface area contributed by atoms with E-state index in [2.05, 4.69) is 10.1 Å². The Labute approximate surface area is 139 Å². The lowest BCUT2D eigenvalue weighted by Crippen LogP contribution is -2.32. The molecule has 6 nitrogen and oxygen atoms in total. The van der Waals surface area contributed by atoms with Crippen LogP contribution in [0.2, 0.25) is 0 Å². The molecule has 1 atom stereocenters. The lowest BCUT2D eigenvalue weighted by atomic mass is 10.1. The molecule has 0 saturated carbocycles. The monoisotopic (exact) mass is 325 g/mol. The van der Waals surface area contributed by atoms with E-state index < -0.39 is 6.10 Å². The number of fused-ring (bicyclic) bond motifs is 1. The van der Waals surface area contributed by atoms with Crippen molar-refractivity contribution in [3.63, 3.8) is 0 Å². The molecule has 0 fully saturated rings. The average molecular weight is 325 g/mol. The zero-order valence-corrected chi connectivity index (χ0v) is 13.6. The Bertz CT molecular complexity index is 901. The van der Waals surface area contributed by atoms with Gasteiger partial charge in [-0.05, 0) is 37.1 Å². The van der Waals surface area contributed by atoms with Crippen LogP contribution in [-0.4, -0.2) is 32.6 Å². The molecular formula is C18H19N3O3. The molecular weight excluding hydrogens is 306 g/mol. The van der Waals surface area contributed by atoms with Gasteiger partial charge in [0, 0.05) is 6.20 Å². The van der Waals surface area contributed by atoms with Gasteiger partial charge in [-0.1, -0.05) is 18.2 Å². The maximum atomic E-state index is 12.4. The second-order valence-corrected chi connectivity index (χ2v) is 5.75. The van der Waals surface area contributed by atoms with Crippen molar-refractivity contribution in [3.05, 3.63) is 64.2 Å². The van der Waals surface area contributed by atoms with Crippen molar-refractivity contribution in [3.8, 4) is 5.75 Å². The fraction of sp³-hybridized carbons (Fsp3) is 0.278.